The molecule has 0 aromatic heterocycles. The Balaban J connectivity index is 1.63. The average molecular weight is 388 g/mol. The molecular formula is C21H24O7. The highest BCUT2D eigenvalue weighted by Crippen LogP contribution is 2.54. The summed E-state index contributed by atoms with van der Waals surface area (Å²) in [4.78, 5) is 0. The maximum atomic E-state index is 11.4. The molecule has 2 aromatic rings. The van der Waals surface area contributed by atoms with Gasteiger partial charge in [0, 0.05) is 5.92 Å². The van der Waals surface area contributed by atoms with Gasteiger partial charge < -0.3 is 33.9 Å². The van der Waals surface area contributed by atoms with Gasteiger partial charge in [0.1, 0.15) is 11.7 Å². The molecule has 0 saturated carbocycles. The third kappa shape index (κ3) is 2.87. The number of methoxy groups -OCH3 is 3. The zero-order chi connectivity index (χ0) is 19.9. The molecule has 0 spiro atoms. The van der Waals surface area contributed by atoms with E-state index >= 15 is 0 Å². The van der Waals surface area contributed by atoms with E-state index in [9.17, 15) is 10.2 Å². The van der Waals surface area contributed by atoms with Crippen LogP contribution in [-0.4, -0.2) is 50.4 Å². The third-order valence-electron chi connectivity index (χ3n) is 5.64. The topological polar surface area (TPSA) is 86.6 Å². The Hall–Kier alpha value is -2.48. The minimum atomic E-state index is -1.18. The molecule has 2 heterocycles. The highest BCUT2D eigenvalue weighted by atomic mass is 16.6. The van der Waals surface area contributed by atoms with Crippen molar-refractivity contribution in [3.63, 3.8) is 0 Å². The van der Waals surface area contributed by atoms with E-state index in [1.54, 1.807) is 26.4 Å². The van der Waals surface area contributed by atoms with Crippen LogP contribution in [0.25, 0.3) is 0 Å². The molecule has 2 N–H and O–H groups in total. The van der Waals surface area contributed by atoms with Crippen molar-refractivity contribution in [1.82, 2.24) is 0 Å². The monoisotopic (exact) mass is 388 g/mol. The first kappa shape index (κ1) is 18.9. The molecule has 28 heavy (non-hydrogen) atoms. The second-order valence-electron chi connectivity index (χ2n) is 7.09. The average Bonchev–Trinajstić information content (AvgIpc) is 3.22. The molecular weight excluding hydrogens is 364 g/mol. The molecule has 2 fully saturated rings. The summed E-state index contributed by atoms with van der Waals surface area (Å²) in [7, 11) is 4.65. The minimum absolute atomic E-state index is 0.0404. The number of benzene rings is 2. The molecule has 0 bridgehead atoms. The van der Waals surface area contributed by atoms with E-state index in [0.29, 0.717) is 23.9 Å². The van der Waals surface area contributed by atoms with E-state index in [2.05, 4.69) is 0 Å². The maximum Gasteiger partial charge on any atom is 0.161 e. The summed E-state index contributed by atoms with van der Waals surface area (Å²) in [6, 6.07) is 10.6. The molecule has 4 rings (SSSR count). The summed E-state index contributed by atoms with van der Waals surface area (Å²) in [5, 5.41) is 21.3. The Morgan fingerprint density at radius 2 is 1.57 bits per heavy atom. The molecule has 2 aliphatic rings. The molecule has 150 valence electrons. The van der Waals surface area contributed by atoms with Gasteiger partial charge >= 0.3 is 0 Å². The van der Waals surface area contributed by atoms with Crippen LogP contribution in [0.4, 0.5) is 0 Å². The molecule has 2 aromatic carbocycles. The van der Waals surface area contributed by atoms with Crippen molar-refractivity contribution in [1.29, 1.82) is 0 Å². The molecule has 7 heteroatoms. The molecule has 0 aliphatic carbocycles. The first-order valence-electron chi connectivity index (χ1n) is 9.06. The maximum absolute atomic E-state index is 11.4. The fraction of sp³-hybridized carbons (Fsp3) is 0.429. The second-order valence-corrected chi connectivity index (χ2v) is 7.09. The summed E-state index contributed by atoms with van der Waals surface area (Å²) in [5.74, 6) is 1.38. The van der Waals surface area contributed by atoms with Crippen molar-refractivity contribution in [3.8, 4) is 23.0 Å². The van der Waals surface area contributed by atoms with Gasteiger partial charge in [0.05, 0.1) is 40.6 Å². The number of ether oxygens (including phenoxy) is 5. The Morgan fingerprint density at radius 3 is 2.29 bits per heavy atom. The molecule has 0 amide bonds. The van der Waals surface area contributed by atoms with E-state index in [1.165, 1.54) is 13.2 Å². The van der Waals surface area contributed by atoms with Gasteiger partial charge in [0.2, 0.25) is 0 Å². The van der Waals surface area contributed by atoms with Crippen molar-refractivity contribution >= 4 is 0 Å². The molecule has 2 aliphatic heterocycles. The third-order valence-corrected chi connectivity index (χ3v) is 5.64. The van der Waals surface area contributed by atoms with Gasteiger partial charge in [-0.25, -0.2) is 0 Å². The number of hydrogen-bond donors (Lipinski definition) is 2. The lowest BCUT2D eigenvalue weighted by Gasteiger charge is -2.27. The van der Waals surface area contributed by atoms with Crippen LogP contribution in [0.1, 0.15) is 23.3 Å². The Bertz CT molecular complexity index is 868. The lowest BCUT2D eigenvalue weighted by Crippen LogP contribution is -2.39. The molecule has 0 radical (unpaired) electrons. The predicted molar refractivity (Wildman–Crippen MR) is 100 cm³/mol. The van der Waals surface area contributed by atoms with Gasteiger partial charge in [-0.1, -0.05) is 12.1 Å². The Morgan fingerprint density at radius 1 is 0.893 bits per heavy atom. The van der Waals surface area contributed by atoms with Gasteiger partial charge in [-0.2, -0.15) is 0 Å². The number of phenols is 1. The summed E-state index contributed by atoms with van der Waals surface area (Å²) >= 11 is 0. The van der Waals surface area contributed by atoms with E-state index in [-0.39, 0.29) is 24.4 Å². The smallest absolute Gasteiger partial charge is 0.161 e. The van der Waals surface area contributed by atoms with E-state index in [1.807, 2.05) is 18.2 Å². The Labute approximate surface area is 163 Å². The number of phenolic OH excluding ortho intramolecular Hbond substituents is 1. The zero-order valence-corrected chi connectivity index (χ0v) is 16.0. The van der Waals surface area contributed by atoms with Gasteiger partial charge in [-0.3, -0.25) is 0 Å². The van der Waals surface area contributed by atoms with Crippen LogP contribution >= 0.6 is 0 Å². The summed E-state index contributed by atoms with van der Waals surface area (Å²) in [6.07, 6.45) is -0.897. The van der Waals surface area contributed by atoms with Crippen molar-refractivity contribution in [3.05, 3.63) is 47.5 Å². The van der Waals surface area contributed by atoms with Crippen molar-refractivity contribution < 1.29 is 33.9 Å². The molecule has 7 nitrogen and oxygen atoms in total. The van der Waals surface area contributed by atoms with Gasteiger partial charge in [0.25, 0.3) is 0 Å². The van der Waals surface area contributed by atoms with Crippen LogP contribution in [0, 0.1) is 5.92 Å². The largest absolute Gasteiger partial charge is 0.504 e. The quantitative estimate of drug-likeness (QED) is 0.814. The molecule has 2 saturated heterocycles. The van der Waals surface area contributed by atoms with Crippen molar-refractivity contribution in [2.24, 2.45) is 5.92 Å². The lowest BCUT2D eigenvalue weighted by molar-refractivity contribution is -0.0628. The van der Waals surface area contributed by atoms with Crippen molar-refractivity contribution in [2.45, 2.75) is 17.8 Å². The number of rotatable bonds is 5. The highest BCUT2D eigenvalue weighted by molar-refractivity contribution is 5.45. The first-order valence-corrected chi connectivity index (χ1v) is 9.06. The van der Waals surface area contributed by atoms with Gasteiger partial charge in [0.15, 0.2) is 23.0 Å². The van der Waals surface area contributed by atoms with E-state index in [4.69, 9.17) is 23.7 Å². The van der Waals surface area contributed by atoms with Gasteiger partial charge in [-0.05, 0) is 35.4 Å². The van der Waals surface area contributed by atoms with Crippen molar-refractivity contribution in [2.75, 3.05) is 34.5 Å². The highest BCUT2D eigenvalue weighted by Gasteiger charge is 2.59. The fourth-order valence-corrected chi connectivity index (χ4v) is 4.16. The number of aliphatic hydroxyl groups is 1. The van der Waals surface area contributed by atoms with Crippen LogP contribution in [-0.2, 0) is 9.47 Å². The molecule has 4 unspecified atom stereocenters. The summed E-state index contributed by atoms with van der Waals surface area (Å²) < 4.78 is 27.9. The van der Waals surface area contributed by atoms with E-state index < -0.39 is 11.7 Å². The number of aromatic hydroxyl groups is 1. The SMILES string of the molecule is COc1cc(C2OCC3C(c4ccc(OC)c(OC)c4)OCC23O)ccc1O. The fourth-order valence-electron chi connectivity index (χ4n) is 4.16. The number of fused-ring (bicyclic) bond motifs is 1. The Kier molecular flexibility index (Phi) is 4.82. The molecule has 4 atom stereocenters. The van der Waals surface area contributed by atoms with Crippen LogP contribution < -0.4 is 14.2 Å². The van der Waals surface area contributed by atoms with Crippen LogP contribution in [0.15, 0.2) is 36.4 Å². The minimum Gasteiger partial charge on any atom is -0.504 e. The second kappa shape index (κ2) is 7.16. The lowest BCUT2D eigenvalue weighted by atomic mass is 9.81. The van der Waals surface area contributed by atoms with Crippen LogP contribution in [0.3, 0.4) is 0 Å². The van der Waals surface area contributed by atoms with E-state index in [0.717, 1.165) is 11.1 Å². The van der Waals surface area contributed by atoms with Crippen LogP contribution in [0.2, 0.25) is 0 Å². The normalized spacial score (nSPS) is 28.8. The first-order chi connectivity index (χ1) is 13.5. The zero-order valence-electron chi connectivity index (χ0n) is 16.0. The van der Waals surface area contributed by atoms with Crippen LogP contribution in [0.5, 0.6) is 23.0 Å². The standard InChI is InChI=1S/C21H24O7/c1-24-16-7-5-12(8-18(16)26-3)19-14-10-27-20(21(14,23)11-28-19)13-4-6-15(22)17(9-13)25-2/h4-9,14,19-20,22-23H,10-11H2,1-3H3. The summed E-state index contributed by atoms with van der Waals surface area (Å²) in [5.41, 5.74) is 0.446. The number of hydrogen-bond acceptors (Lipinski definition) is 7. The summed E-state index contributed by atoms with van der Waals surface area (Å²) in [6.45, 7) is 0.494. The predicted octanol–water partition coefficient (Wildman–Crippen LogP) is 2.61. The van der Waals surface area contributed by atoms with Gasteiger partial charge in [-0.15, -0.1) is 0 Å².